The number of benzene rings is 1. The van der Waals surface area contributed by atoms with E-state index < -0.39 is 0 Å². The highest BCUT2D eigenvalue weighted by Gasteiger charge is 2.33. The van der Waals surface area contributed by atoms with Gasteiger partial charge in [-0.05, 0) is 38.4 Å². The topological polar surface area (TPSA) is 32.3 Å². The van der Waals surface area contributed by atoms with E-state index >= 15 is 0 Å². The van der Waals surface area contributed by atoms with Crippen LogP contribution >= 0.6 is 11.6 Å². The first-order valence-electron chi connectivity index (χ1n) is 7.48. The summed E-state index contributed by atoms with van der Waals surface area (Å²) in [4.78, 5) is 14.2. The molecule has 1 unspecified atom stereocenters. The third kappa shape index (κ3) is 4.42. The highest BCUT2D eigenvalue weighted by atomic mass is 35.5. The van der Waals surface area contributed by atoms with Crippen molar-refractivity contribution >= 4 is 17.5 Å². The number of hydrogen-bond donors (Lipinski definition) is 1. The number of hydrogen-bond acceptors (Lipinski definition) is 2. The van der Waals surface area contributed by atoms with Crippen molar-refractivity contribution in [1.29, 1.82) is 0 Å². The molecule has 0 bridgehead atoms. The monoisotopic (exact) mass is 312 g/mol. The Morgan fingerprint density at radius 2 is 2.24 bits per heavy atom. The maximum Gasteiger partial charge on any atom is 0.224 e. The van der Waals surface area contributed by atoms with Crippen LogP contribution in [0.15, 0.2) is 18.2 Å². The standard InChI is InChI=1S/C16H22ClFN2O/c1-3-19-11(2)9-16(21)20(12-7-8-12)10-13-14(17)5-4-6-15(13)18/h4-6,11-12,19H,3,7-10H2,1-2H3. The summed E-state index contributed by atoms with van der Waals surface area (Å²) >= 11 is 6.07. The summed E-state index contributed by atoms with van der Waals surface area (Å²) in [6.45, 7) is 5.09. The van der Waals surface area contributed by atoms with Gasteiger partial charge in [0.25, 0.3) is 0 Å². The Bertz CT molecular complexity index is 485. The summed E-state index contributed by atoms with van der Waals surface area (Å²) in [5.74, 6) is -0.286. The molecule has 1 amide bonds. The predicted molar refractivity (Wildman–Crippen MR) is 82.7 cm³/mol. The molecule has 2 rings (SSSR count). The number of rotatable bonds is 7. The van der Waals surface area contributed by atoms with Crippen LogP contribution < -0.4 is 5.32 Å². The van der Waals surface area contributed by atoms with Crippen LogP contribution in [0, 0.1) is 5.82 Å². The Morgan fingerprint density at radius 3 is 2.81 bits per heavy atom. The first-order valence-corrected chi connectivity index (χ1v) is 7.86. The molecule has 1 aromatic carbocycles. The summed E-state index contributed by atoms with van der Waals surface area (Å²) in [7, 11) is 0. The fraction of sp³-hybridized carbons (Fsp3) is 0.562. The van der Waals surface area contributed by atoms with Crippen LogP contribution in [0.25, 0.3) is 0 Å². The van der Waals surface area contributed by atoms with Gasteiger partial charge in [-0.2, -0.15) is 0 Å². The second-order valence-corrected chi connectivity index (χ2v) is 6.02. The molecule has 0 aromatic heterocycles. The molecule has 1 aliphatic carbocycles. The van der Waals surface area contributed by atoms with E-state index in [-0.39, 0.29) is 30.4 Å². The molecule has 1 aromatic rings. The molecule has 1 aliphatic rings. The third-order valence-electron chi connectivity index (χ3n) is 3.73. The van der Waals surface area contributed by atoms with E-state index in [9.17, 15) is 9.18 Å². The van der Waals surface area contributed by atoms with Crippen LogP contribution in [-0.2, 0) is 11.3 Å². The van der Waals surface area contributed by atoms with Crippen LogP contribution in [0.4, 0.5) is 4.39 Å². The van der Waals surface area contributed by atoms with E-state index in [2.05, 4.69) is 5.32 Å². The van der Waals surface area contributed by atoms with Crippen LogP contribution in [0.3, 0.4) is 0 Å². The van der Waals surface area contributed by atoms with Crippen molar-refractivity contribution in [3.63, 3.8) is 0 Å². The fourth-order valence-corrected chi connectivity index (χ4v) is 2.68. The van der Waals surface area contributed by atoms with Crippen molar-refractivity contribution in [3.05, 3.63) is 34.6 Å². The normalized spacial score (nSPS) is 15.8. The maximum absolute atomic E-state index is 13.9. The van der Waals surface area contributed by atoms with Gasteiger partial charge in [-0.1, -0.05) is 24.6 Å². The Balaban J connectivity index is 2.07. The van der Waals surface area contributed by atoms with Crippen molar-refractivity contribution < 1.29 is 9.18 Å². The SMILES string of the molecule is CCNC(C)CC(=O)N(Cc1c(F)cccc1Cl)C1CC1. The van der Waals surface area contributed by atoms with Gasteiger partial charge in [0.05, 0.1) is 6.54 Å². The van der Waals surface area contributed by atoms with Crippen LogP contribution in [-0.4, -0.2) is 29.4 Å². The van der Waals surface area contributed by atoms with Gasteiger partial charge in [-0.15, -0.1) is 0 Å². The highest BCUT2D eigenvalue weighted by molar-refractivity contribution is 6.31. The lowest BCUT2D eigenvalue weighted by molar-refractivity contribution is -0.132. The van der Waals surface area contributed by atoms with Crippen molar-refractivity contribution in [2.45, 2.75) is 51.7 Å². The lowest BCUT2D eigenvalue weighted by Crippen LogP contribution is -2.38. The van der Waals surface area contributed by atoms with Crippen molar-refractivity contribution in [3.8, 4) is 0 Å². The molecule has 116 valence electrons. The zero-order valence-electron chi connectivity index (χ0n) is 12.5. The van der Waals surface area contributed by atoms with Gasteiger partial charge in [0, 0.05) is 29.1 Å². The van der Waals surface area contributed by atoms with Crippen LogP contribution in [0.2, 0.25) is 5.02 Å². The molecule has 1 N–H and O–H groups in total. The smallest absolute Gasteiger partial charge is 0.224 e. The number of nitrogens with zero attached hydrogens (tertiary/aromatic N) is 1. The Morgan fingerprint density at radius 1 is 1.52 bits per heavy atom. The van der Waals surface area contributed by atoms with Gasteiger partial charge >= 0.3 is 0 Å². The van der Waals surface area contributed by atoms with E-state index in [1.165, 1.54) is 6.07 Å². The molecule has 3 nitrogen and oxygen atoms in total. The molecule has 1 atom stereocenters. The van der Waals surface area contributed by atoms with Gasteiger partial charge in [0.2, 0.25) is 5.91 Å². The Labute approximate surface area is 130 Å². The molecule has 21 heavy (non-hydrogen) atoms. The molecule has 0 saturated heterocycles. The molecule has 0 spiro atoms. The minimum absolute atomic E-state index is 0.0604. The van der Waals surface area contributed by atoms with E-state index in [1.54, 1.807) is 17.0 Å². The van der Waals surface area contributed by atoms with Gasteiger partial charge in [0.15, 0.2) is 0 Å². The number of carbonyl (C=O) groups excluding carboxylic acids is 1. The molecular formula is C16H22ClFN2O. The van der Waals surface area contributed by atoms with E-state index in [4.69, 9.17) is 11.6 Å². The summed E-state index contributed by atoms with van der Waals surface area (Å²) in [6.07, 6.45) is 2.41. The minimum Gasteiger partial charge on any atom is -0.335 e. The van der Waals surface area contributed by atoms with Crippen LogP contribution in [0.1, 0.15) is 38.7 Å². The summed E-state index contributed by atoms with van der Waals surface area (Å²) in [6, 6.07) is 4.99. The number of amides is 1. The lowest BCUT2D eigenvalue weighted by atomic mass is 10.1. The molecule has 5 heteroatoms. The highest BCUT2D eigenvalue weighted by Crippen LogP contribution is 2.31. The summed E-state index contributed by atoms with van der Waals surface area (Å²) in [5, 5.41) is 3.61. The first-order chi connectivity index (χ1) is 10.0. The van der Waals surface area contributed by atoms with Gasteiger partial charge < -0.3 is 10.2 Å². The summed E-state index contributed by atoms with van der Waals surface area (Å²) < 4.78 is 13.9. The van der Waals surface area contributed by atoms with E-state index in [0.717, 1.165) is 19.4 Å². The van der Waals surface area contributed by atoms with Crippen molar-refractivity contribution in [1.82, 2.24) is 10.2 Å². The fourth-order valence-electron chi connectivity index (χ4n) is 2.46. The molecular weight excluding hydrogens is 291 g/mol. The maximum atomic E-state index is 13.9. The average molecular weight is 313 g/mol. The molecule has 0 radical (unpaired) electrons. The zero-order valence-corrected chi connectivity index (χ0v) is 13.3. The minimum atomic E-state index is -0.347. The molecule has 0 aliphatic heterocycles. The van der Waals surface area contributed by atoms with E-state index in [1.807, 2.05) is 13.8 Å². The number of carbonyl (C=O) groups is 1. The van der Waals surface area contributed by atoms with Gasteiger partial charge in [-0.3, -0.25) is 4.79 Å². The lowest BCUT2D eigenvalue weighted by Gasteiger charge is -2.25. The third-order valence-corrected chi connectivity index (χ3v) is 4.09. The first kappa shape index (κ1) is 16.2. The average Bonchev–Trinajstić information content (AvgIpc) is 3.22. The Kier molecular flexibility index (Phi) is 5.59. The molecule has 1 fully saturated rings. The Hall–Kier alpha value is -1.13. The van der Waals surface area contributed by atoms with Crippen molar-refractivity contribution in [2.75, 3.05) is 6.54 Å². The quantitative estimate of drug-likeness (QED) is 0.837. The second-order valence-electron chi connectivity index (χ2n) is 5.62. The second kappa shape index (κ2) is 7.23. The number of nitrogens with one attached hydrogen (secondary N) is 1. The molecule has 0 heterocycles. The zero-order chi connectivity index (χ0) is 15.4. The largest absolute Gasteiger partial charge is 0.335 e. The predicted octanol–water partition coefficient (Wildman–Crippen LogP) is 3.36. The number of halogens is 2. The molecule has 1 saturated carbocycles. The van der Waals surface area contributed by atoms with Gasteiger partial charge in [0.1, 0.15) is 5.82 Å². The summed E-state index contributed by atoms with van der Waals surface area (Å²) in [5.41, 5.74) is 0.413. The van der Waals surface area contributed by atoms with Gasteiger partial charge in [-0.25, -0.2) is 4.39 Å². The van der Waals surface area contributed by atoms with E-state index in [0.29, 0.717) is 17.0 Å². The van der Waals surface area contributed by atoms with Crippen LogP contribution in [0.5, 0.6) is 0 Å². The van der Waals surface area contributed by atoms with Crippen molar-refractivity contribution in [2.24, 2.45) is 0 Å².